The number of hydrogen-bond donors (Lipinski definition) is 2. The number of carbonyl (C=O) groups is 1. The third-order valence-electron chi connectivity index (χ3n) is 7.66. The first-order valence-corrected chi connectivity index (χ1v) is 12.9. The standard InChI is InChI=1S/C29H33F3N2O5/c1-18-17-33-23-4-3-20(38-2)15-21(23)27(18)24(35)5-6-29(16-26(36)37)7-9-34(10-8-29)11-12-39-25-14-19(30)13-22(31)28(25)32/h3-4,13-15,17,24,35H,5-12,16H2,1-2H3,(H,36,37). The molecule has 1 saturated heterocycles. The molecule has 0 spiro atoms. The number of halogens is 3. The predicted octanol–water partition coefficient (Wildman–Crippen LogP) is 5.42. The van der Waals surface area contributed by atoms with Gasteiger partial charge in [-0.05, 0) is 80.4 Å². The quantitative estimate of drug-likeness (QED) is 0.311. The summed E-state index contributed by atoms with van der Waals surface area (Å²) >= 11 is 0. The highest BCUT2D eigenvalue weighted by atomic mass is 19.2. The molecule has 1 fully saturated rings. The lowest BCUT2D eigenvalue weighted by molar-refractivity contribution is -0.141. The minimum Gasteiger partial charge on any atom is -0.497 e. The van der Waals surface area contributed by atoms with Crippen LogP contribution in [-0.4, -0.2) is 59.4 Å². The zero-order valence-corrected chi connectivity index (χ0v) is 22.1. The number of carboxylic acids is 1. The van der Waals surface area contributed by atoms with Crippen LogP contribution in [0.15, 0.2) is 36.5 Å². The van der Waals surface area contributed by atoms with Gasteiger partial charge in [0.25, 0.3) is 0 Å². The maximum atomic E-state index is 13.8. The minimum atomic E-state index is -1.31. The molecule has 2 N–H and O–H groups in total. The van der Waals surface area contributed by atoms with Crippen LogP contribution in [0, 0.1) is 29.8 Å². The zero-order chi connectivity index (χ0) is 28.2. The van der Waals surface area contributed by atoms with Crippen molar-refractivity contribution in [2.24, 2.45) is 5.41 Å². The monoisotopic (exact) mass is 546 g/mol. The van der Waals surface area contributed by atoms with Crippen molar-refractivity contribution in [2.75, 3.05) is 33.4 Å². The number of nitrogens with zero attached hydrogens (tertiary/aromatic N) is 2. The number of carboxylic acid groups (broad SMARTS) is 1. The van der Waals surface area contributed by atoms with Gasteiger partial charge >= 0.3 is 5.97 Å². The van der Waals surface area contributed by atoms with Gasteiger partial charge in [-0.3, -0.25) is 14.7 Å². The molecule has 3 aromatic rings. The number of pyridine rings is 1. The Hall–Kier alpha value is -3.37. The van der Waals surface area contributed by atoms with Gasteiger partial charge in [0.05, 0.1) is 25.2 Å². The van der Waals surface area contributed by atoms with Crippen molar-refractivity contribution in [2.45, 2.75) is 45.1 Å². The fourth-order valence-corrected chi connectivity index (χ4v) is 5.46. The minimum absolute atomic E-state index is 0.0122. The average molecular weight is 547 g/mol. The molecule has 1 aliphatic heterocycles. The summed E-state index contributed by atoms with van der Waals surface area (Å²) in [7, 11) is 1.58. The number of hydrogen-bond acceptors (Lipinski definition) is 6. The normalized spacial score (nSPS) is 16.3. The summed E-state index contributed by atoms with van der Waals surface area (Å²) in [6.45, 7) is 3.49. The van der Waals surface area contributed by atoms with Crippen molar-refractivity contribution in [3.05, 3.63) is 65.1 Å². The Morgan fingerprint density at radius 3 is 2.62 bits per heavy atom. The highest BCUT2D eigenvalue weighted by Gasteiger charge is 2.37. The molecule has 1 unspecified atom stereocenters. The molecule has 1 atom stereocenters. The molecule has 10 heteroatoms. The second kappa shape index (κ2) is 12.2. The Labute approximate surface area is 225 Å². The molecular formula is C29H33F3N2O5. The summed E-state index contributed by atoms with van der Waals surface area (Å²) in [5.74, 6) is -4.17. The average Bonchev–Trinajstić information content (AvgIpc) is 2.90. The lowest BCUT2D eigenvalue weighted by Crippen LogP contribution is -2.42. The van der Waals surface area contributed by atoms with Gasteiger partial charge < -0.3 is 19.7 Å². The van der Waals surface area contributed by atoms with E-state index in [0.29, 0.717) is 57.1 Å². The number of aromatic nitrogens is 1. The van der Waals surface area contributed by atoms with E-state index in [0.717, 1.165) is 28.1 Å². The molecule has 0 bridgehead atoms. The molecule has 7 nitrogen and oxygen atoms in total. The van der Waals surface area contributed by atoms with E-state index in [1.165, 1.54) is 0 Å². The van der Waals surface area contributed by atoms with E-state index in [1.54, 1.807) is 13.3 Å². The Balaban J connectivity index is 1.39. The number of rotatable bonds is 11. The fourth-order valence-electron chi connectivity index (χ4n) is 5.46. The third kappa shape index (κ3) is 6.80. The van der Waals surface area contributed by atoms with Gasteiger partial charge in [-0.15, -0.1) is 0 Å². The van der Waals surface area contributed by atoms with E-state index < -0.39 is 40.7 Å². The van der Waals surface area contributed by atoms with E-state index in [2.05, 4.69) is 9.88 Å². The van der Waals surface area contributed by atoms with Crippen LogP contribution < -0.4 is 9.47 Å². The van der Waals surface area contributed by atoms with E-state index in [-0.39, 0.29) is 13.0 Å². The van der Waals surface area contributed by atoms with Gasteiger partial charge in [-0.25, -0.2) is 8.78 Å². The summed E-state index contributed by atoms with van der Waals surface area (Å²) < 4.78 is 51.2. The molecule has 0 radical (unpaired) electrons. The van der Waals surface area contributed by atoms with Crippen molar-refractivity contribution in [1.29, 1.82) is 0 Å². The number of aryl methyl sites for hydroxylation is 1. The van der Waals surface area contributed by atoms with Crippen LogP contribution in [0.25, 0.3) is 10.9 Å². The third-order valence-corrected chi connectivity index (χ3v) is 7.66. The Morgan fingerprint density at radius 2 is 1.92 bits per heavy atom. The molecule has 0 aliphatic carbocycles. The van der Waals surface area contributed by atoms with Crippen LogP contribution in [0.4, 0.5) is 13.2 Å². The molecule has 0 amide bonds. The van der Waals surface area contributed by atoms with E-state index >= 15 is 0 Å². The lowest BCUT2D eigenvalue weighted by atomic mass is 9.71. The second-order valence-electron chi connectivity index (χ2n) is 10.3. The summed E-state index contributed by atoms with van der Waals surface area (Å²) in [4.78, 5) is 18.3. The highest BCUT2D eigenvalue weighted by molar-refractivity contribution is 5.84. The van der Waals surface area contributed by atoms with Crippen LogP contribution in [-0.2, 0) is 4.79 Å². The topological polar surface area (TPSA) is 92.1 Å². The van der Waals surface area contributed by atoms with Crippen molar-refractivity contribution in [3.63, 3.8) is 0 Å². The first kappa shape index (κ1) is 28.6. The van der Waals surface area contributed by atoms with Gasteiger partial charge in [-0.1, -0.05) is 0 Å². The second-order valence-corrected chi connectivity index (χ2v) is 10.3. The lowest BCUT2D eigenvalue weighted by Gasteiger charge is -2.41. The van der Waals surface area contributed by atoms with Crippen molar-refractivity contribution in [1.82, 2.24) is 9.88 Å². The number of aliphatic carboxylic acids is 1. The van der Waals surface area contributed by atoms with Gasteiger partial charge in [0.1, 0.15) is 18.2 Å². The van der Waals surface area contributed by atoms with Crippen molar-refractivity contribution < 1.29 is 37.7 Å². The van der Waals surface area contributed by atoms with Crippen LogP contribution in [0.3, 0.4) is 0 Å². The molecule has 210 valence electrons. The summed E-state index contributed by atoms with van der Waals surface area (Å²) in [5, 5.41) is 21.7. The number of ether oxygens (including phenoxy) is 2. The summed E-state index contributed by atoms with van der Waals surface area (Å²) in [6.07, 6.45) is 3.01. The Morgan fingerprint density at radius 1 is 1.18 bits per heavy atom. The summed E-state index contributed by atoms with van der Waals surface area (Å²) in [5.41, 5.74) is 1.86. The maximum Gasteiger partial charge on any atom is 0.303 e. The molecule has 2 aromatic carbocycles. The number of aliphatic hydroxyl groups excluding tert-OH is 1. The number of piperidine rings is 1. The molecule has 1 aliphatic rings. The van der Waals surface area contributed by atoms with Gasteiger partial charge in [0.15, 0.2) is 11.6 Å². The smallest absolute Gasteiger partial charge is 0.303 e. The Bertz CT molecular complexity index is 1330. The van der Waals surface area contributed by atoms with Crippen LogP contribution in [0.2, 0.25) is 0 Å². The first-order chi connectivity index (χ1) is 18.6. The largest absolute Gasteiger partial charge is 0.497 e. The Kier molecular flexibility index (Phi) is 8.97. The SMILES string of the molecule is COc1ccc2ncc(C)c(C(O)CCC3(CC(=O)O)CCN(CCOc4cc(F)cc(F)c4F)CC3)c2c1. The van der Waals surface area contributed by atoms with E-state index in [9.17, 15) is 28.2 Å². The van der Waals surface area contributed by atoms with Gasteiger partial charge in [0, 0.05) is 30.3 Å². The maximum absolute atomic E-state index is 13.8. The van der Waals surface area contributed by atoms with Crippen LogP contribution in [0.1, 0.15) is 49.3 Å². The number of methoxy groups -OCH3 is 1. The molecule has 4 rings (SSSR count). The number of fused-ring (bicyclic) bond motifs is 1. The van der Waals surface area contributed by atoms with Crippen LogP contribution >= 0.6 is 0 Å². The number of likely N-dealkylation sites (tertiary alicyclic amines) is 1. The summed E-state index contributed by atoms with van der Waals surface area (Å²) in [6, 6.07) is 6.77. The van der Waals surface area contributed by atoms with Gasteiger partial charge in [0.2, 0.25) is 5.82 Å². The van der Waals surface area contributed by atoms with Gasteiger partial charge in [-0.2, -0.15) is 4.39 Å². The fraction of sp³-hybridized carbons (Fsp3) is 0.448. The zero-order valence-electron chi connectivity index (χ0n) is 22.1. The molecular weight excluding hydrogens is 513 g/mol. The van der Waals surface area contributed by atoms with Crippen molar-refractivity contribution >= 4 is 16.9 Å². The number of aliphatic hydroxyl groups is 1. The van der Waals surface area contributed by atoms with Crippen LogP contribution in [0.5, 0.6) is 11.5 Å². The van der Waals surface area contributed by atoms with Crippen molar-refractivity contribution in [3.8, 4) is 11.5 Å². The molecule has 0 saturated carbocycles. The van der Waals surface area contributed by atoms with E-state index in [4.69, 9.17) is 9.47 Å². The van der Waals surface area contributed by atoms with E-state index in [1.807, 2.05) is 25.1 Å². The number of benzene rings is 2. The molecule has 1 aromatic heterocycles. The molecule has 2 heterocycles. The molecule has 39 heavy (non-hydrogen) atoms. The predicted molar refractivity (Wildman–Crippen MR) is 139 cm³/mol. The highest BCUT2D eigenvalue weighted by Crippen LogP contribution is 2.42. The first-order valence-electron chi connectivity index (χ1n) is 12.9.